The Kier molecular flexibility index (Phi) is 9.65. The largest absolute Gasteiger partial charge is 0.449 e. The highest BCUT2D eigenvalue weighted by Crippen LogP contribution is 2.45. The van der Waals surface area contributed by atoms with Crippen LogP contribution in [0.15, 0.2) is 133 Å². The van der Waals surface area contributed by atoms with E-state index < -0.39 is 36.0 Å². The van der Waals surface area contributed by atoms with Gasteiger partial charge in [0.25, 0.3) is 0 Å². The fraction of sp³-hybridized carbons (Fsp3) is 0.195. The van der Waals surface area contributed by atoms with Gasteiger partial charge in [-0.25, -0.2) is 4.79 Å². The third kappa shape index (κ3) is 6.47. The lowest BCUT2D eigenvalue weighted by Crippen LogP contribution is -2.50. The topological polar surface area (TPSA) is 94.2 Å². The molecule has 0 aromatic heterocycles. The smallest absolute Gasteiger partial charge is 0.407 e. The highest BCUT2D eigenvalue weighted by Gasteiger charge is 2.43. The number of esters is 1. The van der Waals surface area contributed by atoms with Gasteiger partial charge in [0.05, 0.1) is 13.0 Å². The first-order valence-corrected chi connectivity index (χ1v) is 16.9. The average Bonchev–Trinajstić information content (AvgIpc) is 3.81. The average molecular weight is 687 g/mol. The number of carbonyl (C=O) groups is 3. The van der Waals surface area contributed by atoms with Crippen molar-refractivity contribution < 1.29 is 28.6 Å². The van der Waals surface area contributed by atoms with Crippen LogP contribution in [0.5, 0.6) is 0 Å². The second-order valence-electron chi connectivity index (χ2n) is 12.2. The van der Waals surface area contributed by atoms with Gasteiger partial charge < -0.3 is 24.4 Å². The summed E-state index contributed by atoms with van der Waals surface area (Å²) in [6.45, 7) is 0.782. The lowest BCUT2D eigenvalue weighted by molar-refractivity contribution is -0.156. The monoisotopic (exact) mass is 686 g/mol. The van der Waals surface area contributed by atoms with E-state index in [9.17, 15) is 14.4 Å². The number of hydrogen-bond acceptors (Lipinski definition) is 6. The van der Waals surface area contributed by atoms with E-state index in [0.717, 1.165) is 22.3 Å². The lowest BCUT2D eigenvalue weighted by Gasteiger charge is -2.36. The summed E-state index contributed by atoms with van der Waals surface area (Å²) in [5.74, 6) is -1.38. The summed E-state index contributed by atoms with van der Waals surface area (Å²) in [5.41, 5.74) is 4.72. The first-order chi connectivity index (χ1) is 24.5. The van der Waals surface area contributed by atoms with Crippen molar-refractivity contribution in [1.82, 2.24) is 10.2 Å². The molecule has 50 heavy (non-hydrogen) atoms. The van der Waals surface area contributed by atoms with E-state index in [1.165, 1.54) is 4.90 Å². The molecule has 252 valence electrons. The number of benzene rings is 5. The molecule has 1 heterocycles. The number of nitrogens with one attached hydrogen (secondary N) is 1. The van der Waals surface area contributed by atoms with E-state index in [4.69, 9.17) is 25.8 Å². The maximum atomic E-state index is 14.2. The first kappa shape index (κ1) is 33.1. The Bertz CT molecular complexity index is 1910. The molecule has 9 heteroatoms. The van der Waals surface area contributed by atoms with Gasteiger partial charge >= 0.3 is 12.1 Å². The molecule has 1 saturated heterocycles. The van der Waals surface area contributed by atoms with Gasteiger partial charge in [0.2, 0.25) is 5.91 Å². The zero-order valence-electron chi connectivity index (χ0n) is 27.2. The predicted molar refractivity (Wildman–Crippen MR) is 189 cm³/mol. The van der Waals surface area contributed by atoms with E-state index in [0.29, 0.717) is 34.9 Å². The molecule has 0 bridgehead atoms. The molecule has 7 rings (SSSR count). The second kappa shape index (κ2) is 14.6. The van der Waals surface area contributed by atoms with Crippen LogP contribution in [0.25, 0.3) is 11.1 Å². The van der Waals surface area contributed by atoms with Crippen LogP contribution < -0.4 is 5.32 Å². The van der Waals surface area contributed by atoms with Gasteiger partial charge in [0.1, 0.15) is 19.4 Å². The highest BCUT2D eigenvalue weighted by molar-refractivity contribution is 6.31. The summed E-state index contributed by atoms with van der Waals surface area (Å²) in [5, 5.41) is 3.07. The summed E-state index contributed by atoms with van der Waals surface area (Å²) in [6, 6.07) is 40.6. The fourth-order valence-corrected chi connectivity index (χ4v) is 7.18. The van der Waals surface area contributed by atoms with Gasteiger partial charge in [-0.3, -0.25) is 9.59 Å². The number of fused-ring (bicyclic) bond motifs is 3. The third-order valence-corrected chi connectivity index (χ3v) is 9.58. The van der Waals surface area contributed by atoms with Crippen molar-refractivity contribution >= 4 is 29.6 Å². The Balaban J connectivity index is 1.16. The Morgan fingerprint density at radius 2 is 1.34 bits per heavy atom. The highest BCUT2D eigenvalue weighted by atomic mass is 35.5. The molecule has 5 aromatic carbocycles. The molecule has 1 aliphatic carbocycles. The molecule has 5 aromatic rings. The second-order valence-corrected chi connectivity index (χ2v) is 12.6. The van der Waals surface area contributed by atoms with Crippen molar-refractivity contribution in [2.45, 2.75) is 24.0 Å². The van der Waals surface area contributed by atoms with Gasteiger partial charge in [0.15, 0.2) is 5.60 Å². The van der Waals surface area contributed by atoms with E-state index in [2.05, 4.69) is 17.4 Å². The van der Waals surface area contributed by atoms with Gasteiger partial charge in [-0.1, -0.05) is 139 Å². The summed E-state index contributed by atoms with van der Waals surface area (Å²) in [6.07, 6.45) is -1.28. The van der Waals surface area contributed by atoms with Crippen LogP contribution in [0.1, 0.15) is 40.2 Å². The van der Waals surface area contributed by atoms with Crippen LogP contribution in [0.2, 0.25) is 5.02 Å². The SMILES string of the molecule is O=C(C[C@H](NC(=O)OCC1c2ccccc2-c2ccccc21)C(=O)N1CCOC1)OC(c1ccccc1)(c1ccccc1)c1ccccc1Cl. The number of halogens is 1. The van der Waals surface area contributed by atoms with Crippen molar-refractivity contribution in [3.8, 4) is 11.1 Å². The molecule has 8 nitrogen and oxygen atoms in total. The van der Waals surface area contributed by atoms with Gasteiger partial charge in [0, 0.05) is 34.2 Å². The minimum Gasteiger partial charge on any atom is -0.449 e. The van der Waals surface area contributed by atoms with Crippen molar-refractivity contribution in [3.63, 3.8) is 0 Å². The number of ether oxygens (including phenoxy) is 3. The Morgan fingerprint density at radius 3 is 1.92 bits per heavy atom. The fourth-order valence-electron chi connectivity index (χ4n) is 6.91. The van der Waals surface area contributed by atoms with Gasteiger partial charge in [-0.05, 0) is 28.3 Å². The number of rotatable bonds is 10. The van der Waals surface area contributed by atoms with Crippen LogP contribution in [-0.4, -0.2) is 55.4 Å². The summed E-state index contributed by atoms with van der Waals surface area (Å²) < 4.78 is 17.7. The number of hydrogen-bond donors (Lipinski definition) is 1. The number of carbonyl (C=O) groups excluding carboxylic acids is 3. The minimum absolute atomic E-state index is 0.0499. The zero-order chi connectivity index (χ0) is 34.5. The Labute approximate surface area is 295 Å². The molecule has 0 saturated carbocycles. The third-order valence-electron chi connectivity index (χ3n) is 9.25. The lowest BCUT2D eigenvalue weighted by atomic mass is 9.80. The molecular weight excluding hydrogens is 652 g/mol. The molecular formula is C41H35ClN2O6. The molecule has 2 aliphatic rings. The molecule has 0 radical (unpaired) electrons. The Morgan fingerprint density at radius 1 is 0.780 bits per heavy atom. The molecule has 0 unspecified atom stereocenters. The van der Waals surface area contributed by atoms with Gasteiger partial charge in [-0.15, -0.1) is 0 Å². The first-order valence-electron chi connectivity index (χ1n) is 16.5. The van der Waals surface area contributed by atoms with E-state index in [1.54, 1.807) is 12.1 Å². The van der Waals surface area contributed by atoms with Crippen LogP contribution in [-0.2, 0) is 29.4 Å². The Hall–Kier alpha value is -5.44. The van der Waals surface area contributed by atoms with E-state index in [-0.39, 0.29) is 19.3 Å². The molecule has 0 spiro atoms. The maximum absolute atomic E-state index is 14.2. The maximum Gasteiger partial charge on any atom is 0.407 e. The van der Waals surface area contributed by atoms with Crippen molar-refractivity contribution in [3.05, 3.63) is 166 Å². The molecule has 1 fully saturated rings. The van der Waals surface area contributed by atoms with Crippen LogP contribution in [0, 0.1) is 0 Å². The van der Waals surface area contributed by atoms with Crippen LogP contribution in [0.3, 0.4) is 0 Å². The molecule has 2 amide bonds. The zero-order valence-corrected chi connectivity index (χ0v) is 27.9. The minimum atomic E-state index is -1.47. The number of nitrogens with zero attached hydrogens (tertiary/aromatic N) is 1. The standard InChI is InChI=1S/C41H35ClN2O6/c42-36-22-12-11-21-35(36)41(28-13-3-1-4-14-28,29-15-5-2-6-16-29)50-38(45)25-37(39(46)44-23-24-48-27-44)43-40(47)49-26-34-32-19-9-7-17-30(32)31-18-8-10-20-33(31)34/h1-22,34,37H,23-27H2,(H,43,47)/t37-/m0/s1. The number of alkyl carbamates (subject to hydrolysis) is 1. The summed E-state index contributed by atoms with van der Waals surface area (Å²) in [7, 11) is 0. The van der Waals surface area contributed by atoms with Crippen LogP contribution >= 0.6 is 11.6 Å². The normalized spacial score (nSPS) is 14.4. The van der Waals surface area contributed by atoms with E-state index >= 15 is 0 Å². The van der Waals surface area contributed by atoms with E-state index in [1.807, 2.05) is 109 Å². The quantitative estimate of drug-likeness (QED) is 0.123. The molecule has 1 aliphatic heterocycles. The van der Waals surface area contributed by atoms with Crippen LogP contribution in [0.4, 0.5) is 4.79 Å². The van der Waals surface area contributed by atoms with Crippen molar-refractivity contribution in [2.24, 2.45) is 0 Å². The number of amides is 2. The van der Waals surface area contributed by atoms with Gasteiger partial charge in [-0.2, -0.15) is 0 Å². The summed E-state index contributed by atoms with van der Waals surface area (Å²) in [4.78, 5) is 42.8. The van der Waals surface area contributed by atoms with Crippen molar-refractivity contribution in [2.75, 3.05) is 26.5 Å². The molecule has 1 N–H and O–H groups in total. The summed E-state index contributed by atoms with van der Waals surface area (Å²) >= 11 is 6.82. The predicted octanol–water partition coefficient (Wildman–Crippen LogP) is 7.29. The van der Waals surface area contributed by atoms with Crippen molar-refractivity contribution in [1.29, 1.82) is 0 Å². The molecule has 1 atom stereocenters.